The van der Waals surface area contributed by atoms with Crippen LogP contribution in [-0.2, 0) is 21.4 Å². The van der Waals surface area contributed by atoms with Gasteiger partial charge in [0.05, 0.1) is 17.2 Å². The first kappa shape index (κ1) is 24.6. The van der Waals surface area contributed by atoms with Crippen molar-refractivity contribution in [2.24, 2.45) is 0 Å². The Hall–Kier alpha value is -3.03. The Labute approximate surface area is 200 Å². The summed E-state index contributed by atoms with van der Waals surface area (Å²) >= 11 is 6.26. The first-order chi connectivity index (χ1) is 15.7. The molecule has 0 aliphatic carbocycles. The molecule has 0 unspecified atom stereocenters. The minimum Gasteiger partial charge on any atom is -0.494 e. The zero-order valence-corrected chi connectivity index (χ0v) is 20.4. The number of rotatable bonds is 9. The van der Waals surface area contributed by atoms with E-state index >= 15 is 0 Å². The first-order valence-corrected chi connectivity index (χ1v) is 12.4. The van der Waals surface area contributed by atoms with Crippen molar-refractivity contribution in [3.8, 4) is 5.75 Å². The zero-order valence-electron chi connectivity index (χ0n) is 18.8. The van der Waals surface area contributed by atoms with E-state index in [0.29, 0.717) is 22.9 Å². The van der Waals surface area contributed by atoms with Crippen molar-refractivity contribution < 1.29 is 17.9 Å². The molecule has 0 saturated heterocycles. The second kappa shape index (κ2) is 10.7. The number of carbonyl (C=O) groups is 1. The van der Waals surface area contributed by atoms with E-state index in [4.69, 9.17) is 16.3 Å². The lowest BCUT2D eigenvalue weighted by Gasteiger charge is -2.26. The SMILES string of the molecule is CCOc1ccc(CNC(=O)CN(c2cccc(Cl)c2C)S(=O)(=O)c2ccc(C)cc2)cc1. The summed E-state index contributed by atoms with van der Waals surface area (Å²) in [6.45, 7) is 5.97. The van der Waals surface area contributed by atoms with Gasteiger partial charge in [0.25, 0.3) is 10.0 Å². The quantitative estimate of drug-likeness (QED) is 0.468. The van der Waals surface area contributed by atoms with Gasteiger partial charge in [-0.15, -0.1) is 0 Å². The van der Waals surface area contributed by atoms with Crippen LogP contribution in [-0.4, -0.2) is 27.5 Å². The second-order valence-electron chi connectivity index (χ2n) is 7.56. The lowest BCUT2D eigenvalue weighted by molar-refractivity contribution is -0.119. The average molecular weight is 487 g/mol. The zero-order chi connectivity index (χ0) is 24.0. The molecule has 0 fully saturated rings. The van der Waals surface area contributed by atoms with E-state index in [-0.39, 0.29) is 18.0 Å². The van der Waals surface area contributed by atoms with E-state index in [0.717, 1.165) is 21.2 Å². The molecule has 0 spiro atoms. The Balaban J connectivity index is 1.84. The van der Waals surface area contributed by atoms with E-state index in [1.807, 2.05) is 38.1 Å². The van der Waals surface area contributed by atoms with Gasteiger partial charge < -0.3 is 10.1 Å². The number of carbonyl (C=O) groups excluding carboxylic acids is 1. The highest BCUT2D eigenvalue weighted by atomic mass is 35.5. The van der Waals surface area contributed by atoms with E-state index in [1.54, 1.807) is 37.3 Å². The molecule has 0 atom stereocenters. The van der Waals surface area contributed by atoms with Crippen molar-refractivity contribution in [2.75, 3.05) is 17.5 Å². The van der Waals surface area contributed by atoms with E-state index in [9.17, 15) is 13.2 Å². The fourth-order valence-electron chi connectivity index (χ4n) is 3.26. The molecule has 0 heterocycles. The Morgan fingerprint density at radius 3 is 2.30 bits per heavy atom. The van der Waals surface area contributed by atoms with Crippen LogP contribution in [0.2, 0.25) is 5.02 Å². The monoisotopic (exact) mass is 486 g/mol. The van der Waals surface area contributed by atoms with Crippen LogP contribution in [0.5, 0.6) is 5.75 Å². The van der Waals surface area contributed by atoms with Gasteiger partial charge in [-0.05, 0) is 68.3 Å². The minimum absolute atomic E-state index is 0.104. The summed E-state index contributed by atoms with van der Waals surface area (Å²) in [6.07, 6.45) is 0. The molecule has 0 aliphatic heterocycles. The van der Waals surface area contributed by atoms with Crippen LogP contribution in [0.4, 0.5) is 5.69 Å². The molecule has 1 amide bonds. The molecule has 0 aliphatic rings. The van der Waals surface area contributed by atoms with Crippen molar-refractivity contribution in [3.63, 3.8) is 0 Å². The standard InChI is InChI=1S/C25H27ClN2O4S/c1-4-32-21-12-10-20(11-13-21)16-27-25(29)17-28(24-7-5-6-23(26)19(24)3)33(30,31)22-14-8-18(2)9-15-22/h5-15H,4,16-17H2,1-3H3,(H,27,29). The van der Waals surface area contributed by atoms with Crippen LogP contribution in [0.25, 0.3) is 0 Å². The number of hydrogen-bond acceptors (Lipinski definition) is 4. The largest absolute Gasteiger partial charge is 0.494 e. The Morgan fingerprint density at radius 2 is 1.67 bits per heavy atom. The fourth-order valence-corrected chi connectivity index (χ4v) is 4.91. The Morgan fingerprint density at radius 1 is 1.00 bits per heavy atom. The molecular formula is C25H27ClN2O4S. The molecule has 3 aromatic rings. The van der Waals surface area contributed by atoms with Crippen molar-refractivity contribution in [1.29, 1.82) is 0 Å². The molecule has 8 heteroatoms. The molecule has 3 rings (SSSR count). The van der Waals surface area contributed by atoms with E-state index in [2.05, 4.69) is 5.32 Å². The third-order valence-corrected chi connectivity index (χ3v) is 7.31. The van der Waals surface area contributed by atoms with Crippen LogP contribution < -0.4 is 14.4 Å². The van der Waals surface area contributed by atoms with Gasteiger partial charge >= 0.3 is 0 Å². The summed E-state index contributed by atoms with van der Waals surface area (Å²) in [5.41, 5.74) is 2.75. The van der Waals surface area contributed by atoms with Gasteiger partial charge in [0.15, 0.2) is 0 Å². The summed E-state index contributed by atoms with van der Waals surface area (Å²) in [6, 6.07) is 18.9. The maximum absolute atomic E-state index is 13.5. The van der Waals surface area contributed by atoms with Crippen LogP contribution in [0.15, 0.2) is 71.6 Å². The number of benzene rings is 3. The smallest absolute Gasteiger partial charge is 0.264 e. The van der Waals surface area contributed by atoms with Crippen molar-refractivity contribution in [1.82, 2.24) is 5.32 Å². The number of sulfonamides is 1. The molecule has 0 radical (unpaired) electrons. The maximum atomic E-state index is 13.5. The van der Waals surface area contributed by atoms with Gasteiger partial charge in [0.1, 0.15) is 12.3 Å². The number of nitrogens with one attached hydrogen (secondary N) is 1. The number of aryl methyl sites for hydroxylation is 1. The molecule has 3 aromatic carbocycles. The van der Waals surface area contributed by atoms with Crippen molar-refractivity contribution in [2.45, 2.75) is 32.2 Å². The van der Waals surface area contributed by atoms with E-state index in [1.165, 1.54) is 12.1 Å². The first-order valence-electron chi connectivity index (χ1n) is 10.6. The van der Waals surface area contributed by atoms with Crippen LogP contribution in [0.3, 0.4) is 0 Å². The molecule has 174 valence electrons. The van der Waals surface area contributed by atoms with Gasteiger partial charge in [-0.3, -0.25) is 9.10 Å². The minimum atomic E-state index is -4.00. The Bertz CT molecular complexity index is 1210. The van der Waals surface area contributed by atoms with Gasteiger partial charge in [0.2, 0.25) is 5.91 Å². The molecular weight excluding hydrogens is 460 g/mol. The van der Waals surface area contributed by atoms with Crippen molar-refractivity contribution >= 4 is 33.2 Å². The highest BCUT2D eigenvalue weighted by Gasteiger charge is 2.28. The molecule has 0 aromatic heterocycles. The average Bonchev–Trinajstić information content (AvgIpc) is 2.79. The van der Waals surface area contributed by atoms with Crippen LogP contribution in [0, 0.1) is 13.8 Å². The van der Waals surface area contributed by atoms with Gasteiger partial charge in [0, 0.05) is 11.6 Å². The van der Waals surface area contributed by atoms with Crippen LogP contribution in [0.1, 0.15) is 23.6 Å². The molecule has 6 nitrogen and oxygen atoms in total. The summed E-state index contributed by atoms with van der Waals surface area (Å²) in [5, 5.41) is 3.22. The fraction of sp³-hybridized carbons (Fsp3) is 0.240. The lowest BCUT2D eigenvalue weighted by atomic mass is 10.2. The summed E-state index contributed by atoms with van der Waals surface area (Å²) in [7, 11) is -4.00. The normalized spacial score (nSPS) is 11.2. The number of hydrogen-bond donors (Lipinski definition) is 1. The number of anilines is 1. The predicted molar refractivity (Wildman–Crippen MR) is 131 cm³/mol. The molecule has 0 bridgehead atoms. The summed E-state index contributed by atoms with van der Waals surface area (Å²) in [5.74, 6) is 0.318. The summed E-state index contributed by atoms with van der Waals surface area (Å²) in [4.78, 5) is 12.9. The predicted octanol–water partition coefficient (Wildman–Crippen LogP) is 4.87. The highest BCUT2D eigenvalue weighted by Crippen LogP contribution is 2.30. The van der Waals surface area contributed by atoms with Crippen LogP contribution >= 0.6 is 11.6 Å². The van der Waals surface area contributed by atoms with Gasteiger partial charge in [-0.1, -0.05) is 47.5 Å². The lowest BCUT2D eigenvalue weighted by Crippen LogP contribution is -2.41. The number of nitrogens with zero attached hydrogens (tertiary/aromatic N) is 1. The summed E-state index contributed by atoms with van der Waals surface area (Å²) < 4.78 is 33.5. The van der Waals surface area contributed by atoms with E-state index < -0.39 is 15.9 Å². The highest BCUT2D eigenvalue weighted by molar-refractivity contribution is 7.92. The second-order valence-corrected chi connectivity index (χ2v) is 9.83. The third-order valence-electron chi connectivity index (χ3n) is 5.13. The third kappa shape index (κ3) is 6.06. The number of halogens is 1. The topological polar surface area (TPSA) is 75.7 Å². The maximum Gasteiger partial charge on any atom is 0.264 e. The molecule has 1 N–H and O–H groups in total. The molecule has 0 saturated carbocycles. The number of ether oxygens (including phenoxy) is 1. The number of amides is 1. The van der Waals surface area contributed by atoms with Crippen molar-refractivity contribution in [3.05, 3.63) is 88.4 Å². The van der Waals surface area contributed by atoms with Gasteiger partial charge in [-0.25, -0.2) is 8.42 Å². The molecule has 33 heavy (non-hydrogen) atoms. The Kier molecular flexibility index (Phi) is 8.00. The van der Waals surface area contributed by atoms with Gasteiger partial charge in [-0.2, -0.15) is 0 Å².